The molecule has 0 bridgehead atoms. The SMILES string of the molecule is CCCCCCNC(=O)NCCCCCCCCCCCCNC(=O)NCCCCCC. The van der Waals surface area contributed by atoms with Crippen molar-refractivity contribution in [2.45, 2.75) is 129 Å². The standard InChI is InChI=1S/C26H54N4O2/c1-3-5-7-17-21-27-25(31)29-23-19-15-13-11-9-10-12-14-16-20-24-30-26(32)28-22-18-8-6-4-2/h3-24H2,1-2H3,(H2,27,29,31)(H2,28,30,32). The lowest BCUT2D eigenvalue weighted by Crippen LogP contribution is -2.36. The average Bonchev–Trinajstić information content (AvgIpc) is 2.79. The summed E-state index contributed by atoms with van der Waals surface area (Å²) in [5.74, 6) is 0. The predicted octanol–water partition coefficient (Wildman–Crippen LogP) is 6.65. The molecule has 0 spiro atoms. The number of unbranched alkanes of at least 4 members (excludes halogenated alkanes) is 15. The first-order chi connectivity index (χ1) is 15.7. The predicted molar refractivity (Wildman–Crippen MR) is 137 cm³/mol. The zero-order valence-electron chi connectivity index (χ0n) is 21.4. The van der Waals surface area contributed by atoms with Gasteiger partial charge < -0.3 is 21.3 Å². The van der Waals surface area contributed by atoms with Crippen LogP contribution in [0.15, 0.2) is 0 Å². The summed E-state index contributed by atoms with van der Waals surface area (Å²) >= 11 is 0. The molecule has 0 aliphatic heterocycles. The molecule has 0 unspecified atom stereocenters. The van der Waals surface area contributed by atoms with Gasteiger partial charge >= 0.3 is 12.1 Å². The molecule has 0 atom stereocenters. The highest BCUT2D eigenvalue weighted by atomic mass is 16.2. The third kappa shape index (κ3) is 24.8. The van der Waals surface area contributed by atoms with Crippen molar-refractivity contribution in [1.82, 2.24) is 21.3 Å². The van der Waals surface area contributed by atoms with Crippen LogP contribution < -0.4 is 21.3 Å². The second-order valence-electron chi connectivity index (χ2n) is 9.02. The molecule has 4 N–H and O–H groups in total. The summed E-state index contributed by atoms with van der Waals surface area (Å²) < 4.78 is 0. The maximum absolute atomic E-state index is 11.6. The van der Waals surface area contributed by atoms with Crippen molar-refractivity contribution >= 4 is 12.1 Å². The van der Waals surface area contributed by atoms with Crippen molar-refractivity contribution in [2.75, 3.05) is 26.2 Å². The Labute approximate surface area is 198 Å². The Morgan fingerprint density at radius 1 is 0.375 bits per heavy atom. The van der Waals surface area contributed by atoms with Crippen LogP contribution in [-0.4, -0.2) is 38.2 Å². The summed E-state index contributed by atoms with van der Waals surface area (Å²) in [6, 6.07) is -0.0283. The Kier molecular flexibility index (Phi) is 24.6. The van der Waals surface area contributed by atoms with E-state index in [2.05, 4.69) is 35.1 Å². The van der Waals surface area contributed by atoms with Gasteiger partial charge in [-0.1, -0.05) is 104 Å². The van der Waals surface area contributed by atoms with Crippen LogP contribution in [0.5, 0.6) is 0 Å². The molecule has 0 aromatic heterocycles. The van der Waals surface area contributed by atoms with E-state index >= 15 is 0 Å². The fourth-order valence-corrected chi connectivity index (χ4v) is 3.70. The maximum Gasteiger partial charge on any atom is 0.314 e. The number of nitrogens with one attached hydrogen (secondary N) is 4. The number of hydrogen-bond donors (Lipinski definition) is 4. The molecule has 6 heteroatoms. The molecular weight excluding hydrogens is 400 g/mol. The second-order valence-corrected chi connectivity index (χ2v) is 9.02. The van der Waals surface area contributed by atoms with E-state index in [-0.39, 0.29) is 12.1 Å². The third-order valence-corrected chi connectivity index (χ3v) is 5.81. The fourth-order valence-electron chi connectivity index (χ4n) is 3.70. The zero-order valence-corrected chi connectivity index (χ0v) is 21.4. The van der Waals surface area contributed by atoms with Gasteiger partial charge in [-0.05, 0) is 25.7 Å². The first-order valence-electron chi connectivity index (χ1n) is 13.7. The van der Waals surface area contributed by atoms with Crippen LogP contribution in [0.25, 0.3) is 0 Å². The fraction of sp³-hybridized carbons (Fsp3) is 0.923. The van der Waals surface area contributed by atoms with E-state index in [4.69, 9.17) is 0 Å². The number of amides is 4. The second kappa shape index (κ2) is 25.8. The highest BCUT2D eigenvalue weighted by Crippen LogP contribution is 2.10. The van der Waals surface area contributed by atoms with E-state index in [0.29, 0.717) is 0 Å². The zero-order chi connectivity index (χ0) is 23.5. The number of hydrogen-bond acceptors (Lipinski definition) is 2. The molecule has 0 aliphatic rings. The lowest BCUT2D eigenvalue weighted by atomic mass is 10.1. The molecule has 0 radical (unpaired) electrons. The molecule has 0 rings (SSSR count). The van der Waals surface area contributed by atoms with Crippen LogP contribution in [0.3, 0.4) is 0 Å². The molecule has 0 aromatic carbocycles. The minimum Gasteiger partial charge on any atom is -0.338 e. The summed E-state index contributed by atoms with van der Waals surface area (Å²) in [6.45, 7) is 7.54. The summed E-state index contributed by atoms with van der Waals surface area (Å²) in [6.07, 6.45) is 21.8. The van der Waals surface area contributed by atoms with Gasteiger partial charge in [0.25, 0.3) is 0 Å². The maximum atomic E-state index is 11.6. The first kappa shape index (κ1) is 30.5. The highest BCUT2D eigenvalue weighted by Gasteiger charge is 2.00. The minimum atomic E-state index is -0.0141. The van der Waals surface area contributed by atoms with Crippen molar-refractivity contribution in [3.8, 4) is 0 Å². The van der Waals surface area contributed by atoms with Crippen LogP contribution in [-0.2, 0) is 0 Å². The van der Waals surface area contributed by atoms with Gasteiger partial charge in [0.2, 0.25) is 0 Å². The summed E-state index contributed by atoms with van der Waals surface area (Å²) in [5.41, 5.74) is 0. The molecule has 4 amide bonds. The lowest BCUT2D eigenvalue weighted by Gasteiger charge is -2.08. The Bertz CT molecular complexity index is 381. The molecule has 0 saturated heterocycles. The van der Waals surface area contributed by atoms with Gasteiger partial charge in [-0.3, -0.25) is 0 Å². The molecule has 0 aromatic rings. The smallest absolute Gasteiger partial charge is 0.314 e. The topological polar surface area (TPSA) is 82.3 Å². The Morgan fingerprint density at radius 3 is 0.844 bits per heavy atom. The van der Waals surface area contributed by atoms with E-state index in [9.17, 15) is 9.59 Å². The van der Waals surface area contributed by atoms with E-state index in [1.807, 2.05) is 0 Å². The number of rotatable bonds is 23. The quantitative estimate of drug-likeness (QED) is 0.130. The molecule has 0 heterocycles. The number of carbonyl (C=O) groups excluding carboxylic acids is 2. The Morgan fingerprint density at radius 2 is 0.594 bits per heavy atom. The largest absolute Gasteiger partial charge is 0.338 e. The van der Waals surface area contributed by atoms with Crippen molar-refractivity contribution in [1.29, 1.82) is 0 Å². The van der Waals surface area contributed by atoms with Gasteiger partial charge in [-0.2, -0.15) is 0 Å². The third-order valence-electron chi connectivity index (χ3n) is 5.81. The molecule has 0 fully saturated rings. The van der Waals surface area contributed by atoms with Crippen molar-refractivity contribution in [3.63, 3.8) is 0 Å². The number of urea groups is 2. The monoisotopic (exact) mass is 454 g/mol. The van der Waals surface area contributed by atoms with Crippen LogP contribution in [0.4, 0.5) is 9.59 Å². The van der Waals surface area contributed by atoms with E-state index in [0.717, 1.165) is 51.9 Å². The van der Waals surface area contributed by atoms with E-state index in [1.54, 1.807) is 0 Å². The Balaban J connectivity index is 3.19. The lowest BCUT2D eigenvalue weighted by molar-refractivity contribution is 0.239. The Hall–Kier alpha value is -1.46. The number of carbonyl (C=O) groups is 2. The summed E-state index contributed by atoms with van der Waals surface area (Å²) in [7, 11) is 0. The molecule has 190 valence electrons. The van der Waals surface area contributed by atoms with Crippen LogP contribution in [0, 0.1) is 0 Å². The van der Waals surface area contributed by atoms with Crippen molar-refractivity contribution < 1.29 is 9.59 Å². The average molecular weight is 455 g/mol. The van der Waals surface area contributed by atoms with Gasteiger partial charge in [0.1, 0.15) is 0 Å². The van der Waals surface area contributed by atoms with Gasteiger partial charge in [-0.15, -0.1) is 0 Å². The van der Waals surface area contributed by atoms with Gasteiger partial charge in [0.15, 0.2) is 0 Å². The molecular formula is C26H54N4O2. The van der Waals surface area contributed by atoms with Gasteiger partial charge in [-0.25, -0.2) is 9.59 Å². The van der Waals surface area contributed by atoms with Crippen LogP contribution >= 0.6 is 0 Å². The van der Waals surface area contributed by atoms with Gasteiger partial charge in [0.05, 0.1) is 0 Å². The van der Waals surface area contributed by atoms with E-state index in [1.165, 1.54) is 89.9 Å². The van der Waals surface area contributed by atoms with Crippen LogP contribution in [0.2, 0.25) is 0 Å². The van der Waals surface area contributed by atoms with E-state index < -0.39 is 0 Å². The normalized spacial score (nSPS) is 10.7. The summed E-state index contributed by atoms with van der Waals surface area (Å²) in [4.78, 5) is 23.3. The highest BCUT2D eigenvalue weighted by molar-refractivity contribution is 5.74. The van der Waals surface area contributed by atoms with Gasteiger partial charge in [0, 0.05) is 26.2 Å². The van der Waals surface area contributed by atoms with Crippen LogP contribution in [0.1, 0.15) is 129 Å². The molecule has 6 nitrogen and oxygen atoms in total. The first-order valence-corrected chi connectivity index (χ1v) is 13.7. The summed E-state index contributed by atoms with van der Waals surface area (Å²) in [5, 5.41) is 11.8. The van der Waals surface area contributed by atoms with Crippen molar-refractivity contribution in [2.24, 2.45) is 0 Å². The molecule has 32 heavy (non-hydrogen) atoms. The molecule has 0 aliphatic carbocycles. The molecule has 0 saturated carbocycles. The van der Waals surface area contributed by atoms with Crippen molar-refractivity contribution in [3.05, 3.63) is 0 Å². The minimum absolute atomic E-state index is 0.0141.